The Hall–Kier alpha value is -2.73. The molecule has 2 aromatic carbocycles. The SMILES string of the molecule is CCOCCOc1ccccc1NC(=O)CNc1ccccc1OCC(C)C. The number of amides is 1. The molecule has 0 spiro atoms. The number of hydrogen-bond acceptors (Lipinski definition) is 5. The molecule has 6 heteroatoms. The van der Waals surface area contributed by atoms with Crippen molar-refractivity contribution >= 4 is 17.3 Å². The highest BCUT2D eigenvalue weighted by Crippen LogP contribution is 2.25. The number of rotatable bonds is 12. The van der Waals surface area contributed by atoms with Crippen LogP contribution >= 0.6 is 0 Å². The average Bonchev–Trinajstić information content (AvgIpc) is 2.70. The maximum Gasteiger partial charge on any atom is 0.243 e. The number of benzene rings is 2. The molecule has 0 unspecified atom stereocenters. The van der Waals surface area contributed by atoms with Gasteiger partial charge in [-0.05, 0) is 37.1 Å². The summed E-state index contributed by atoms with van der Waals surface area (Å²) < 4.78 is 16.8. The van der Waals surface area contributed by atoms with Crippen molar-refractivity contribution < 1.29 is 19.0 Å². The quantitative estimate of drug-likeness (QED) is 0.536. The van der Waals surface area contributed by atoms with Gasteiger partial charge in [0, 0.05) is 6.61 Å². The van der Waals surface area contributed by atoms with Crippen molar-refractivity contribution in [3.8, 4) is 11.5 Å². The topological polar surface area (TPSA) is 68.8 Å². The van der Waals surface area contributed by atoms with Crippen molar-refractivity contribution in [2.45, 2.75) is 20.8 Å². The Kier molecular flexibility index (Phi) is 9.15. The smallest absolute Gasteiger partial charge is 0.243 e. The van der Waals surface area contributed by atoms with E-state index in [1.54, 1.807) is 0 Å². The molecular formula is C22H30N2O4. The molecule has 1 amide bonds. The first-order chi connectivity index (χ1) is 13.6. The Bertz CT molecular complexity index is 734. The molecule has 0 aliphatic carbocycles. The Balaban J connectivity index is 1.90. The van der Waals surface area contributed by atoms with E-state index in [0.29, 0.717) is 43.8 Å². The molecule has 0 aliphatic rings. The van der Waals surface area contributed by atoms with Crippen LogP contribution in [-0.4, -0.2) is 38.9 Å². The van der Waals surface area contributed by atoms with Gasteiger partial charge < -0.3 is 24.8 Å². The normalized spacial score (nSPS) is 10.6. The minimum atomic E-state index is -0.167. The van der Waals surface area contributed by atoms with Gasteiger partial charge in [-0.1, -0.05) is 38.1 Å². The summed E-state index contributed by atoms with van der Waals surface area (Å²) in [4.78, 5) is 12.4. The van der Waals surface area contributed by atoms with Gasteiger partial charge in [-0.15, -0.1) is 0 Å². The third kappa shape index (κ3) is 7.48. The molecule has 0 saturated carbocycles. The van der Waals surface area contributed by atoms with Crippen LogP contribution in [0.25, 0.3) is 0 Å². The lowest BCUT2D eigenvalue weighted by molar-refractivity contribution is -0.114. The molecule has 0 saturated heterocycles. The maximum atomic E-state index is 12.4. The summed E-state index contributed by atoms with van der Waals surface area (Å²) in [5.74, 6) is 1.62. The summed E-state index contributed by atoms with van der Waals surface area (Å²) in [7, 11) is 0. The highest BCUT2D eigenvalue weighted by Gasteiger charge is 2.09. The first-order valence-electron chi connectivity index (χ1n) is 9.65. The van der Waals surface area contributed by atoms with E-state index in [2.05, 4.69) is 24.5 Å². The second-order valence-electron chi connectivity index (χ2n) is 6.64. The summed E-state index contributed by atoms with van der Waals surface area (Å²) in [6.07, 6.45) is 0. The van der Waals surface area contributed by atoms with Crippen molar-refractivity contribution in [1.82, 2.24) is 0 Å². The van der Waals surface area contributed by atoms with Crippen LogP contribution < -0.4 is 20.1 Å². The zero-order valence-electron chi connectivity index (χ0n) is 16.9. The van der Waals surface area contributed by atoms with Gasteiger partial charge in [0.05, 0.1) is 31.1 Å². The summed E-state index contributed by atoms with van der Waals surface area (Å²) in [5.41, 5.74) is 1.43. The molecule has 0 bridgehead atoms. The Morgan fingerprint density at radius 2 is 1.57 bits per heavy atom. The van der Waals surface area contributed by atoms with Crippen molar-refractivity contribution in [3.05, 3.63) is 48.5 Å². The summed E-state index contributed by atoms with van der Waals surface area (Å²) in [6.45, 7) is 8.46. The fourth-order valence-electron chi connectivity index (χ4n) is 2.42. The second-order valence-corrected chi connectivity index (χ2v) is 6.64. The summed E-state index contributed by atoms with van der Waals surface area (Å²) >= 11 is 0. The molecule has 2 rings (SSSR count). The molecule has 152 valence electrons. The largest absolute Gasteiger partial charge is 0.491 e. The zero-order chi connectivity index (χ0) is 20.2. The van der Waals surface area contributed by atoms with E-state index in [4.69, 9.17) is 14.2 Å². The van der Waals surface area contributed by atoms with Crippen LogP contribution in [0.15, 0.2) is 48.5 Å². The molecule has 2 aromatic rings. The molecule has 0 aromatic heterocycles. The Morgan fingerprint density at radius 1 is 0.929 bits per heavy atom. The van der Waals surface area contributed by atoms with E-state index in [0.717, 1.165) is 11.4 Å². The predicted molar refractivity (Wildman–Crippen MR) is 112 cm³/mol. The van der Waals surface area contributed by atoms with Crippen molar-refractivity contribution in [3.63, 3.8) is 0 Å². The maximum absolute atomic E-state index is 12.4. The van der Waals surface area contributed by atoms with Gasteiger partial charge in [0.15, 0.2) is 0 Å². The first-order valence-corrected chi connectivity index (χ1v) is 9.65. The van der Waals surface area contributed by atoms with Gasteiger partial charge in [0.1, 0.15) is 18.1 Å². The molecule has 0 radical (unpaired) electrons. The minimum absolute atomic E-state index is 0.120. The van der Waals surface area contributed by atoms with Crippen molar-refractivity contribution in [2.24, 2.45) is 5.92 Å². The highest BCUT2D eigenvalue weighted by molar-refractivity contribution is 5.95. The lowest BCUT2D eigenvalue weighted by atomic mass is 10.2. The minimum Gasteiger partial charge on any atom is -0.491 e. The average molecular weight is 386 g/mol. The second kappa shape index (κ2) is 11.9. The molecule has 0 fully saturated rings. The van der Waals surface area contributed by atoms with Crippen molar-refractivity contribution in [1.29, 1.82) is 0 Å². The van der Waals surface area contributed by atoms with Gasteiger partial charge in [-0.25, -0.2) is 0 Å². The fourth-order valence-corrected chi connectivity index (χ4v) is 2.42. The Labute approximate surface area is 167 Å². The monoisotopic (exact) mass is 386 g/mol. The van der Waals surface area contributed by atoms with E-state index in [-0.39, 0.29) is 12.5 Å². The lowest BCUT2D eigenvalue weighted by Gasteiger charge is -2.15. The number of anilines is 2. The van der Waals surface area contributed by atoms with Crippen LogP contribution in [-0.2, 0) is 9.53 Å². The number of nitrogens with one attached hydrogen (secondary N) is 2. The van der Waals surface area contributed by atoms with E-state index in [9.17, 15) is 4.79 Å². The standard InChI is InChI=1S/C22H30N2O4/c1-4-26-13-14-27-21-12-8-6-10-19(21)24-22(25)15-23-18-9-5-7-11-20(18)28-16-17(2)3/h5-12,17,23H,4,13-16H2,1-3H3,(H,24,25). The van der Waals surface area contributed by atoms with Crippen LogP contribution in [0.3, 0.4) is 0 Å². The summed E-state index contributed by atoms with van der Waals surface area (Å²) in [5, 5.41) is 6.02. The molecule has 2 N–H and O–H groups in total. The molecule has 0 atom stereocenters. The fraction of sp³-hybridized carbons (Fsp3) is 0.409. The third-order valence-electron chi connectivity index (χ3n) is 3.75. The molecule has 28 heavy (non-hydrogen) atoms. The van der Waals surface area contributed by atoms with Crippen LogP contribution in [0.2, 0.25) is 0 Å². The van der Waals surface area contributed by atoms with Gasteiger partial charge in [0.25, 0.3) is 0 Å². The van der Waals surface area contributed by atoms with Gasteiger partial charge in [0.2, 0.25) is 5.91 Å². The summed E-state index contributed by atoms with van der Waals surface area (Å²) in [6, 6.07) is 15.0. The lowest BCUT2D eigenvalue weighted by Crippen LogP contribution is -2.22. The number of hydrogen-bond donors (Lipinski definition) is 2. The molecule has 0 aliphatic heterocycles. The number of ether oxygens (including phenoxy) is 3. The van der Waals surface area contributed by atoms with Crippen LogP contribution in [0.1, 0.15) is 20.8 Å². The first kappa shape index (κ1) is 21.6. The van der Waals surface area contributed by atoms with Gasteiger partial charge in [-0.2, -0.15) is 0 Å². The highest BCUT2D eigenvalue weighted by atomic mass is 16.5. The van der Waals surface area contributed by atoms with E-state index < -0.39 is 0 Å². The molecular weight excluding hydrogens is 356 g/mol. The molecule has 6 nitrogen and oxygen atoms in total. The van der Waals surface area contributed by atoms with Gasteiger partial charge in [-0.3, -0.25) is 4.79 Å². The van der Waals surface area contributed by atoms with Crippen LogP contribution in [0, 0.1) is 5.92 Å². The van der Waals surface area contributed by atoms with Crippen molar-refractivity contribution in [2.75, 3.05) is 43.6 Å². The zero-order valence-corrected chi connectivity index (χ0v) is 16.9. The Morgan fingerprint density at radius 3 is 2.25 bits per heavy atom. The predicted octanol–water partition coefficient (Wildman–Crippen LogP) is 4.19. The van der Waals surface area contributed by atoms with E-state index in [1.807, 2.05) is 55.5 Å². The number of carbonyl (C=O) groups is 1. The number of para-hydroxylation sites is 4. The third-order valence-corrected chi connectivity index (χ3v) is 3.75. The van der Waals surface area contributed by atoms with E-state index in [1.165, 1.54) is 0 Å². The van der Waals surface area contributed by atoms with Crippen LogP contribution in [0.4, 0.5) is 11.4 Å². The number of carbonyl (C=O) groups excluding carboxylic acids is 1. The van der Waals surface area contributed by atoms with E-state index >= 15 is 0 Å². The van der Waals surface area contributed by atoms with Gasteiger partial charge >= 0.3 is 0 Å². The van der Waals surface area contributed by atoms with Crippen LogP contribution in [0.5, 0.6) is 11.5 Å². The molecule has 0 heterocycles.